The predicted molar refractivity (Wildman–Crippen MR) is 121 cm³/mol. The monoisotopic (exact) mass is 442 g/mol. The van der Waals surface area contributed by atoms with E-state index in [0.717, 1.165) is 25.2 Å². The van der Waals surface area contributed by atoms with Crippen LogP contribution in [0.2, 0.25) is 0 Å². The topological polar surface area (TPSA) is 116 Å². The maximum absolute atomic E-state index is 10.8. The lowest BCUT2D eigenvalue weighted by Crippen LogP contribution is -2.12. The van der Waals surface area contributed by atoms with Crippen molar-refractivity contribution in [2.45, 2.75) is 53.4 Å². The number of carbonyl (C=O) groups is 4. The summed E-state index contributed by atoms with van der Waals surface area (Å²) in [7, 11) is 1.33. The Balaban J connectivity index is -0.000000172. The zero-order chi connectivity index (χ0) is 25.2. The third kappa shape index (κ3) is 38.1. The fourth-order valence-corrected chi connectivity index (χ4v) is 1.45. The maximum Gasteiger partial charge on any atom is 0.332 e. The number of carboxylic acid groups (broad SMARTS) is 1. The normalized spacial score (nSPS) is 9.19. The molecule has 0 radical (unpaired) electrons. The van der Waals surface area contributed by atoms with Gasteiger partial charge in [0.25, 0.3) is 0 Å². The van der Waals surface area contributed by atoms with Gasteiger partial charge in [-0.3, -0.25) is 4.79 Å². The van der Waals surface area contributed by atoms with Crippen LogP contribution in [0, 0.1) is 5.92 Å². The molecule has 0 rings (SSSR count). The van der Waals surface area contributed by atoms with Crippen molar-refractivity contribution in [3.63, 3.8) is 0 Å². The van der Waals surface area contributed by atoms with Crippen LogP contribution < -0.4 is 0 Å². The van der Waals surface area contributed by atoms with Crippen molar-refractivity contribution in [3.8, 4) is 0 Å². The van der Waals surface area contributed by atoms with E-state index in [2.05, 4.69) is 49.6 Å². The van der Waals surface area contributed by atoms with Gasteiger partial charge >= 0.3 is 23.9 Å². The number of rotatable bonds is 10. The molecule has 178 valence electrons. The molecule has 0 bridgehead atoms. The van der Waals surface area contributed by atoms with Gasteiger partial charge in [0.2, 0.25) is 0 Å². The van der Waals surface area contributed by atoms with E-state index in [-0.39, 0.29) is 17.9 Å². The van der Waals surface area contributed by atoms with E-state index in [0.29, 0.717) is 18.1 Å². The van der Waals surface area contributed by atoms with Crippen molar-refractivity contribution in [2.24, 2.45) is 5.92 Å². The minimum atomic E-state index is -0.981. The molecule has 1 atom stereocenters. The minimum absolute atomic E-state index is 0.310. The Hall–Kier alpha value is -3.16. The highest BCUT2D eigenvalue weighted by atomic mass is 16.5. The van der Waals surface area contributed by atoms with Crippen LogP contribution in [0.5, 0.6) is 0 Å². The molecule has 31 heavy (non-hydrogen) atoms. The molecule has 0 aromatic heterocycles. The van der Waals surface area contributed by atoms with E-state index >= 15 is 0 Å². The van der Waals surface area contributed by atoms with Gasteiger partial charge in [0, 0.05) is 24.6 Å². The second-order valence-electron chi connectivity index (χ2n) is 5.84. The van der Waals surface area contributed by atoms with E-state index in [1.807, 2.05) is 0 Å². The van der Waals surface area contributed by atoms with Crippen LogP contribution in [-0.2, 0) is 33.4 Å². The lowest BCUT2D eigenvalue weighted by Gasteiger charge is -2.13. The van der Waals surface area contributed by atoms with E-state index in [1.165, 1.54) is 33.0 Å². The molecule has 0 fully saturated rings. The molecule has 1 unspecified atom stereocenters. The fourth-order valence-electron chi connectivity index (χ4n) is 1.45. The Morgan fingerprint density at radius 2 is 1.55 bits per heavy atom. The van der Waals surface area contributed by atoms with Gasteiger partial charge in [-0.15, -0.1) is 0 Å². The molecule has 0 spiro atoms. The first-order valence-corrected chi connectivity index (χ1v) is 9.63. The van der Waals surface area contributed by atoms with Gasteiger partial charge in [0.15, 0.2) is 0 Å². The SMILES string of the molecule is C=C(C)C(=O)OC.C=CC(=O)O.C=CC(=O)OCC(CC)CCCC.C=COC(C)=O. The summed E-state index contributed by atoms with van der Waals surface area (Å²) in [5, 5.41) is 7.60. The van der Waals surface area contributed by atoms with E-state index < -0.39 is 5.97 Å². The van der Waals surface area contributed by atoms with Crippen LogP contribution in [0.4, 0.5) is 0 Å². The van der Waals surface area contributed by atoms with Crippen LogP contribution in [-0.4, -0.2) is 42.7 Å². The van der Waals surface area contributed by atoms with Gasteiger partial charge in [0.1, 0.15) is 0 Å². The quantitative estimate of drug-likeness (QED) is 0.225. The molecule has 0 saturated heterocycles. The van der Waals surface area contributed by atoms with Crippen LogP contribution in [0.1, 0.15) is 53.4 Å². The molecule has 0 aliphatic carbocycles. The standard InChI is InChI=1S/C11H20O2.C5H8O2.C4H6O2.C3H4O2/c1-4-7-8-10(5-2)9-13-11(12)6-3;1-4(2)5(6)7-3;1-3-6-4(2)5;1-2-3(4)5/h6,10H,3-5,7-9H2,1-2H3;1H2,2-3H3;3H,1H2,2H3;2H,1H2,(H,4,5). The number of hydrogen-bond donors (Lipinski definition) is 1. The molecular formula is C23H38O8. The fraction of sp³-hybridized carbons (Fsp3) is 0.478. The molecule has 0 aromatic rings. The molecule has 8 heteroatoms. The zero-order valence-electron chi connectivity index (χ0n) is 19.5. The number of aliphatic carboxylic acids is 1. The predicted octanol–water partition coefficient (Wildman–Crippen LogP) is 4.62. The van der Waals surface area contributed by atoms with Crippen LogP contribution in [0.15, 0.2) is 50.3 Å². The van der Waals surface area contributed by atoms with E-state index in [9.17, 15) is 19.2 Å². The average molecular weight is 443 g/mol. The van der Waals surface area contributed by atoms with Crippen molar-refractivity contribution in [1.82, 2.24) is 0 Å². The van der Waals surface area contributed by atoms with E-state index in [1.54, 1.807) is 6.92 Å². The Bertz CT molecular complexity index is 564. The summed E-state index contributed by atoms with van der Waals surface area (Å²) >= 11 is 0. The summed E-state index contributed by atoms with van der Waals surface area (Å²) in [4.78, 5) is 40.0. The average Bonchev–Trinajstić information content (AvgIpc) is 2.74. The summed E-state index contributed by atoms with van der Waals surface area (Å²) in [5.74, 6) is -1.45. The first-order valence-electron chi connectivity index (χ1n) is 9.63. The van der Waals surface area contributed by atoms with Crippen LogP contribution in [0.25, 0.3) is 0 Å². The van der Waals surface area contributed by atoms with Gasteiger partial charge in [-0.1, -0.05) is 59.4 Å². The van der Waals surface area contributed by atoms with Crippen molar-refractivity contribution in [2.75, 3.05) is 13.7 Å². The number of ether oxygens (including phenoxy) is 3. The number of carboxylic acids is 1. The maximum atomic E-state index is 10.8. The molecule has 0 saturated carbocycles. The lowest BCUT2D eigenvalue weighted by molar-refractivity contribution is -0.139. The molecule has 0 aliphatic heterocycles. The second-order valence-corrected chi connectivity index (χ2v) is 5.84. The van der Waals surface area contributed by atoms with Crippen molar-refractivity contribution >= 4 is 23.9 Å². The summed E-state index contributed by atoms with van der Waals surface area (Å²) in [6.45, 7) is 20.6. The van der Waals surface area contributed by atoms with Gasteiger partial charge in [0.05, 0.1) is 20.0 Å². The number of methoxy groups -OCH3 is 1. The van der Waals surface area contributed by atoms with Gasteiger partial charge < -0.3 is 19.3 Å². The second kappa shape index (κ2) is 26.8. The minimum Gasteiger partial charge on any atom is -0.478 e. The Kier molecular flexibility index (Phi) is 30.6. The summed E-state index contributed by atoms with van der Waals surface area (Å²) in [5.41, 5.74) is 0.433. The molecular weight excluding hydrogens is 404 g/mol. The number of hydrogen-bond acceptors (Lipinski definition) is 7. The number of esters is 3. The summed E-state index contributed by atoms with van der Waals surface area (Å²) in [6.07, 6.45) is 7.78. The smallest absolute Gasteiger partial charge is 0.332 e. The van der Waals surface area contributed by atoms with Crippen molar-refractivity contribution in [1.29, 1.82) is 0 Å². The number of carbonyl (C=O) groups excluding carboxylic acids is 3. The van der Waals surface area contributed by atoms with E-state index in [4.69, 9.17) is 9.84 Å². The van der Waals surface area contributed by atoms with Gasteiger partial charge in [-0.2, -0.15) is 0 Å². The van der Waals surface area contributed by atoms with Gasteiger partial charge in [-0.25, -0.2) is 14.4 Å². The first kappa shape index (κ1) is 35.3. The zero-order valence-corrected chi connectivity index (χ0v) is 19.5. The molecule has 0 aliphatic rings. The Morgan fingerprint density at radius 3 is 1.74 bits per heavy atom. The molecule has 1 N–H and O–H groups in total. The molecule has 8 nitrogen and oxygen atoms in total. The lowest BCUT2D eigenvalue weighted by atomic mass is 10.0. The molecule has 0 amide bonds. The largest absolute Gasteiger partial charge is 0.478 e. The first-order chi connectivity index (χ1) is 14.5. The Morgan fingerprint density at radius 1 is 1.03 bits per heavy atom. The highest BCUT2D eigenvalue weighted by molar-refractivity contribution is 5.86. The third-order valence-electron chi connectivity index (χ3n) is 3.13. The summed E-state index contributed by atoms with van der Waals surface area (Å²) in [6, 6.07) is 0. The van der Waals surface area contributed by atoms with Crippen LogP contribution in [0.3, 0.4) is 0 Å². The van der Waals surface area contributed by atoms with Gasteiger partial charge in [-0.05, 0) is 19.3 Å². The van der Waals surface area contributed by atoms with Crippen LogP contribution >= 0.6 is 0 Å². The Labute approximate surface area is 186 Å². The third-order valence-corrected chi connectivity index (χ3v) is 3.13. The highest BCUT2D eigenvalue weighted by Gasteiger charge is 2.07. The van der Waals surface area contributed by atoms with Crippen molar-refractivity contribution < 1.29 is 38.5 Å². The van der Waals surface area contributed by atoms with Crippen molar-refractivity contribution in [3.05, 3.63) is 50.3 Å². The molecule has 0 heterocycles. The summed E-state index contributed by atoms with van der Waals surface area (Å²) < 4.78 is 13.4. The molecule has 0 aromatic carbocycles. The highest BCUT2D eigenvalue weighted by Crippen LogP contribution is 2.12. The number of unbranched alkanes of at least 4 members (excludes halogenated alkanes) is 1.